The summed E-state index contributed by atoms with van der Waals surface area (Å²) in [6.45, 7) is 3.66. The molecule has 3 aliphatic rings. The van der Waals surface area contributed by atoms with Gasteiger partial charge in [-0.25, -0.2) is 4.98 Å². The number of alkyl halides is 2. The van der Waals surface area contributed by atoms with E-state index in [1.54, 1.807) is 6.20 Å². The van der Waals surface area contributed by atoms with Gasteiger partial charge in [0.25, 0.3) is 0 Å². The maximum Gasteiger partial charge on any atom is 0.387 e. The van der Waals surface area contributed by atoms with E-state index in [-0.39, 0.29) is 17.6 Å². The third-order valence-corrected chi connectivity index (χ3v) is 7.50. The average Bonchev–Trinajstić information content (AvgIpc) is 3.23. The highest BCUT2D eigenvalue weighted by atomic mass is 19.3. The summed E-state index contributed by atoms with van der Waals surface area (Å²) in [5.74, 6) is 2.06. The molecule has 3 N–H and O–H groups in total. The van der Waals surface area contributed by atoms with E-state index in [9.17, 15) is 13.9 Å². The topological polar surface area (TPSA) is 89.4 Å². The first kappa shape index (κ1) is 21.6. The fourth-order valence-corrected chi connectivity index (χ4v) is 5.89. The third kappa shape index (κ3) is 3.85. The lowest BCUT2D eigenvalue weighted by Gasteiger charge is -2.26. The number of hydrogen-bond acceptors (Lipinski definition) is 6. The number of aromatic nitrogens is 3. The van der Waals surface area contributed by atoms with E-state index in [0.717, 1.165) is 19.5 Å². The number of aliphatic hydroxyl groups excluding tert-OH is 1. The van der Waals surface area contributed by atoms with Crippen molar-refractivity contribution in [3.8, 4) is 17.0 Å². The normalized spacial score (nSPS) is 29.8. The molecule has 5 rings (SSSR count). The summed E-state index contributed by atoms with van der Waals surface area (Å²) >= 11 is 0. The fourth-order valence-electron chi connectivity index (χ4n) is 5.89. The van der Waals surface area contributed by atoms with Gasteiger partial charge >= 0.3 is 6.61 Å². The molecule has 3 unspecified atom stereocenters. The van der Waals surface area contributed by atoms with Crippen LogP contribution in [0, 0.1) is 17.8 Å². The van der Waals surface area contributed by atoms with Gasteiger partial charge < -0.3 is 15.6 Å². The molecule has 2 aliphatic carbocycles. The van der Waals surface area contributed by atoms with Gasteiger partial charge in [-0.2, -0.15) is 13.9 Å². The highest BCUT2D eigenvalue weighted by Crippen LogP contribution is 2.64. The van der Waals surface area contributed by atoms with Crippen molar-refractivity contribution < 1.29 is 18.6 Å². The van der Waals surface area contributed by atoms with Crippen LogP contribution in [0.1, 0.15) is 50.8 Å². The molecule has 0 spiro atoms. The van der Waals surface area contributed by atoms with Crippen LogP contribution in [0.25, 0.3) is 11.3 Å². The standard InChI is InChI=1S/C23H31F2N5O2/c1-12(2)30-19(8-18(28-30)14-5-20(32-23(24)25)22(26)27-9-14)21-16-6-15(7-17(16)21)29-4-3-13(10-29)11-31/h5,8-9,12-13,15-17,21,23,31H,3-4,6-7,10-11H2,1-2H3,(H2,26,27)/t13?,15?,16-,17+,21?. The molecule has 5 atom stereocenters. The molecule has 3 fully saturated rings. The van der Waals surface area contributed by atoms with Gasteiger partial charge in [-0.1, -0.05) is 0 Å². The Hall–Kier alpha value is -2.26. The van der Waals surface area contributed by atoms with Crippen LogP contribution in [0.3, 0.4) is 0 Å². The van der Waals surface area contributed by atoms with Crippen molar-refractivity contribution in [2.45, 2.75) is 57.7 Å². The summed E-state index contributed by atoms with van der Waals surface area (Å²) in [5, 5.41) is 14.2. The fraction of sp³-hybridized carbons (Fsp3) is 0.652. The summed E-state index contributed by atoms with van der Waals surface area (Å²) < 4.78 is 32.0. The Morgan fingerprint density at radius 1 is 1.25 bits per heavy atom. The number of nitrogens with zero attached hydrogens (tertiary/aromatic N) is 4. The van der Waals surface area contributed by atoms with E-state index in [1.807, 2.05) is 0 Å². The molecule has 3 heterocycles. The first-order valence-electron chi connectivity index (χ1n) is 11.5. The summed E-state index contributed by atoms with van der Waals surface area (Å²) in [5.41, 5.74) is 8.22. The number of likely N-dealkylation sites (tertiary alicyclic amines) is 1. The number of rotatable bonds is 7. The van der Waals surface area contributed by atoms with Gasteiger partial charge in [0.2, 0.25) is 0 Å². The molecule has 1 saturated heterocycles. The second kappa shape index (κ2) is 8.26. The minimum absolute atomic E-state index is 0.0642. The molecule has 0 amide bonds. The molecular formula is C23H31F2N5O2. The number of nitrogens with two attached hydrogens (primary N) is 1. The average molecular weight is 448 g/mol. The van der Waals surface area contributed by atoms with Gasteiger partial charge in [0.15, 0.2) is 11.6 Å². The van der Waals surface area contributed by atoms with Crippen LogP contribution in [-0.4, -0.2) is 57.1 Å². The summed E-state index contributed by atoms with van der Waals surface area (Å²) in [4.78, 5) is 6.59. The number of anilines is 1. The van der Waals surface area contributed by atoms with Crippen LogP contribution in [0.2, 0.25) is 0 Å². The van der Waals surface area contributed by atoms with E-state index >= 15 is 0 Å². The van der Waals surface area contributed by atoms with Crippen molar-refractivity contribution in [1.82, 2.24) is 19.7 Å². The number of nitrogen functional groups attached to an aromatic ring is 1. The minimum atomic E-state index is -2.96. The van der Waals surface area contributed by atoms with Crippen molar-refractivity contribution >= 4 is 5.82 Å². The molecule has 0 bridgehead atoms. The van der Waals surface area contributed by atoms with Gasteiger partial charge in [-0.15, -0.1) is 0 Å². The van der Waals surface area contributed by atoms with Crippen LogP contribution in [0.5, 0.6) is 5.75 Å². The van der Waals surface area contributed by atoms with Crippen LogP contribution in [0.4, 0.5) is 14.6 Å². The van der Waals surface area contributed by atoms with Crippen LogP contribution >= 0.6 is 0 Å². The Bertz CT molecular complexity index is 969. The van der Waals surface area contributed by atoms with E-state index in [1.165, 1.54) is 24.6 Å². The van der Waals surface area contributed by atoms with E-state index in [2.05, 4.69) is 39.2 Å². The summed E-state index contributed by atoms with van der Waals surface area (Å²) in [6, 6.07) is 4.39. The van der Waals surface area contributed by atoms with Gasteiger partial charge in [-0.05, 0) is 69.5 Å². The Morgan fingerprint density at radius 3 is 2.62 bits per heavy atom. The largest absolute Gasteiger partial charge is 0.431 e. The van der Waals surface area contributed by atoms with Gasteiger partial charge in [0.05, 0.1) is 5.69 Å². The Morgan fingerprint density at radius 2 is 2.00 bits per heavy atom. The molecule has 174 valence electrons. The smallest absolute Gasteiger partial charge is 0.387 e. The Balaban J connectivity index is 1.34. The minimum Gasteiger partial charge on any atom is -0.431 e. The van der Waals surface area contributed by atoms with Crippen molar-refractivity contribution in [3.63, 3.8) is 0 Å². The third-order valence-electron chi connectivity index (χ3n) is 7.50. The maximum absolute atomic E-state index is 12.7. The van der Waals surface area contributed by atoms with Gasteiger partial charge in [0, 0.05) is 48.6 Å². The number of pyridine rings is 1. The maximum atomic E-state index is 12.7. The monoisotopic (exact) mass is 447 g/mol. The zero-order valence-electron chi connectivity index (χ0n) is 18.5. The Kier molecular flexibility index (Phi) is 5.57. The molecule has 0 aromatic carbocycles. The lowest BCUT2D eigenvalue weighted by Crippen LogP contribution is -2.33. The van der Waals surface area contributed by atoms with E-state index in [4.69, 9.17) is 10.8 Å². The zero-order chi connectivity index (χ0) is 22.6. The van der Waals surface area contributed by atoms with Crippen LogP contribution < -0.4 is 10.5 Å². The second-order valence-corrected chi connectivity index (χ2v) is 9.79. The van der Waals surface area contributed by atoms with E-state index in [0.29, 0.717) is 47.6 Å². The van der Waals surface area contributed by atoms with Crippen molar-refractivity contribution in [1.29, 1.82) is 0 Å². The quantitative estimate of drug-likeness (QED) is 0.675. The molecule has 0 radical (unpaired) electrons. The number of ether oxygens (including phenoxy) is 1. The Labute approximate surface area is 186 Å². The van der Waals surface area contributed by atoms with Crippen molar-refractivity contribution in [2.24, 2.45) is 17.8 Å². The predicted octanol–water partition coefficient (Wildman–Crippen LogP) is 3.52. The number of hydrogen-bond donors (Lipinski definition) is 2. The number of aliphatic hydroxyl groups is 1. The highest BCUT2D eigenvalue weighted by Gasteiger charge is 2.59. The summed E-state index contributed by atoms with van der Waals surface area (Å²) in [6.07, 6.45) is 5.05. The molecular weight excluding hydrogens is 416 g/mol. The molecule has 2 aromatic rings. The number of halogens is 2. The molecule has 1 aliphatic heterocycles. The molecule has 7 nitrogen and oxygen atoms in total. The molecule has 2 aromatic heterocycles. The van der Waals surface area contributed by atoms with Gasteiger partial charge in [0.1, 0.15) is 0 Å². The lowest BCUT2D eigenvalue weighted by molar-refractivity contribution is -0.0494. The van der Waals surface area contributed by atoms with Crippen molar-refractivity contribution in [3.05, 3.63) is 24.0 Å². The van der Waals surface area contributed by atoms with Crippen molar-refractivity contribution in [2.75, 3.05) is 25.4 Å². The van der Waals surface area contributed by atoms with Crippen LogP contribution in [0.15, 0.2) is 18.3 Å². The molecule has 32 heavy (non-hydrogen) atoms. The van der Waals surface area contributed by atoms with Crippen LogP contribution in [-0.2, 0) is 0 Å². The SMILES string of the molecule is CC(C)n1nc(-c2cnc(N)c(OC(F)F)c2)cc1C1[C@H]2CC(N3CCC(CO)C3)C[C@@H]12. The first-order valence-corrected chi connectivity index (χ1v) is 11.5. The molecule has 2 saturated carbocycles. The van der Waals surface area contributed by atoms with E-state index < -0.39 is 6.61 Å². The lowest BCUT2D eigenvalue weighted by atomic mass is 10.0. The van der Waals surface area contributed by atoms with Gasteiger partial charge in [-0.3, -0.25) is 9.58 Å². The highest BCUT2D eigenvalue weighted by molar-refractivity contribution is 5.64. The number of fused-ring (bicyclic) bond motifs is 1. The zero-order valence-corrected chi connectivity index (χ0v) is 18.5. The molecule has 9 heteroatoms. The predicted molar refractivity (Wildman–Crippen MR) is 116 cm³/mol. The first-order chi connectivity index (χ1) is 15.4. The summed E-state index contributed by atoms with van der Waals surface area (Å²) in [7, 11) is 0. The second-order valence-electron chi connectivity index (χ2n) is 9.79.